The van der Waals surface area contributed by atoms with E-state index in [-0.39, 0.29) is 11.8 Å². The first-order valence-corrected chi connectivity index (χ1v) is 6.69. The Hall–Kier alpha value is -1.77. The molecule has 3 nitrogen and oxygen atoms in total. The van der Waals surface area contributed by atoms with E-state index in [1.807, 2.05) is 6.07 Å². The van der Waals surface area contributed by atoms with Crippen LogP contribution in [0, 0.1) is 5.92 Å². The van der Waals surface area contributed by atoms with Crippen LogP contribution in [-0.4, -0.2) is 5.91 Å². The molecule has 1 saturated carbocycles. The summed E-state index contributed by atoms with van der Waals surface area (Å²) in [4.78, 5) is 11.6. The Morgan fingerprint density at radius 2 is 2.06 bits per heavy atom. The Bertz CT molecular complexity index is 489. The van der Waals surface area contributed by atoms with Crippen molar-refractivity contribution < 1.29 is 4.79 Å². The van der Waals surface area contributed by atoms with Crippen molar-refractivity contribution in [3.63, 3.8) is 0 Å². The minimum atomic E-state index is 0.123. The Balaban J connectivity index is 1.74. The molecule has 0 saturated heterocycles. The van der Waals surface area contributed by atoms with E-state index >= 15 is 0 Å². The molecular formula is C15H18N2O. The monoisotopic (exact) mass is 242 g/mol. The molecule has 0 unspecified atom stereocenters. The highest BCUT2D eigenvalue weighted by atomic mass is 16.2. The summed E-state index contributed by atoms with van der Waals surface area (Å²) >= 11 is 0. The summed E-state index contributed by atoms with van der Waals surface area (Å²) in [6.45, 7) is 0. The van der Waals surface area contributed by atoms with Crippen LogP contribution < -0.4 is 10.9 Å². The van der Waals surface area contributed by atoms with Crippen molar-refractivity contribution in [3.8, 4) is 0 Å². The molecule has 1 aromatic rings. The summed E-state index contributed by atoms with van der Waals surface area (Å²) in [7, 11) is 0. The zero-order valence-corrected chi connectivity index (χ0v) is 10.4. The fraction of sp³-hybridized carbons (Fsp3) is 0.400. The minimum absolute atomic E-state index is 0.123. The summed E-state index contributed by atoms with van der Waals surface area (Å²) in [6.07, 6.45) is 7.56. The van der Waals surface area contributed by atoms with Gasteiger partial charge in [-0.1, -0.05) is 30.3 Å². The molecule has 0 bridgehead atoms. The number of hydrazine groups is 1. The third-order valence-electron chi connectivity index (χ3n) is 3.57. The molecule has 0 heterocycles. The number of aryl methyl sites for hydroxylation is 1. The van der Waals surface area contributed by atoms with Gasteiger partial charge in [-0.05, 0) is 37.7 Å². The van der Waals surface area contributed by atoms with Crippen molar-refractivity contribution in [2.75, 3.05) is 0 Å². The average Bonchev–Trinajstić information content (AvgIpc) is 3.23. The van der Waals surface area contributed by atoms with E-state index in [0.29, 0.717) is 0 Å². The molecule has 2 aliphatic rings. The summed E-state index contributed by atoms with van der Waals surface area (Å²) in [5.41, 5.74) is 9.54. The van der Waals surface area contributed by atoms with Crippen molar-refractivity contribution in [1.82, 2.24) is 10.9 Å². The van der Waals surface area contributed by atoms with Crippen LogP contribution in [0.3, 0.4) is 0 Å². The Labute approximate surface area is 107 Å². The molecule has 0 spiro atoms. The lowest BCUT2D eigenvalue weighted by atomic mass is 10.0. The highest BCUT2D eigenvalue weighted by molar-refractivity contribution is 5.81. The molecule has 0 aromatic heterocycles. The van der Waals surface area contributed by atoms with Gasteiger partial charge in [0.25, 0.3) is 0 Å². The molecule has 3 rings (SSSR count). The summed E-state index contributed by atoms with van der Waals surface area (Å²) in [5.74, 6) is 0.358. The fourth-order valence-electron chi connectivity index (χ4n) is 2.34. The van der Waals surface area contributed by atoms with Gasteiger partial charge in [0.05, 0.1) is 5.70 Å². The van der Waals surface area contributed by atoms with Gasteiger partial charge in [-0.15, -0.1) is 0 Å². The van der Waals surface area contributed by atoms with E-state index < -0.39 is 0 Å². The highest BCUT2D eigenvalue weighted by Gasteiger charge is 2.29. The summed E-state index contributed by atoms with van der Waals surface area (Å²) in [6, 6.07) is 8.40. The molecule has 1 fully saturated rings. The van der Waals surface area contributed by atoms with Gasteiger partial charge in [0.1, 0.15) is 0 Å². The molecule has 94 valence electrons. The molecule has 2 aliphatic carbocycles. The highest BCUT2D eigenvalue weighted by Crippen LogP contribution is 2.29. The fourth-order valence-corrected chi connectivity index (χ4v) is 2.34. The van der Waals surface area contributed by atoms with Crippen LogP contribution >= 0.6 is 0 Å². The number of rotatable bonds is 3. The van der Waals surface area contributed by atoms with Crippen molar-refractivity contribution in [2.24, 2.45) is 5.92 Å². The summed E-state index contributed by atoms with van der Waals surface area (Å²) < 4.78 is 0. The smallest absolute Gasteiger partial charge is 0.241 e. The van der Waals surface area contributed by atoms with Gasteiger partial charge in [-0.25, -0.2) is 0 Å². The van der Waals surface area contributed by atoms with Gasteiger partial charge in [-0.3, -0.25) is 15.6 Å². The minimum Gasteiger partial charge on any atom is -0.298 e. The van der Waals surface area contributed by atoms with Crippen molar-refractivity contribution >= 4 is 11.6 Å². The van der Waals surface area contributed by atoms with Gasteiger partial charge in [0, 0.05) is 11.5 Å². The first-order chi connectivity index (χ1) is 8.84. The lowest BCUT2D eigenvalue weighted by Gasteiger charge is -2.14. The van der Waals surface area contributed by atoms with Crippen molar-refractivity contribution in [2.45, 2.75) is 32.1 Å². The van der Waals surface area contributed by atoms with E-state index in [1.165, 1.54) is 17.5 Å². The second-order valence-corrected chi connectivity index (χ2v) is 5.06. The van der Waals surface area contributed by atoms with Crippen LogP contribution in [0.25, 0.3) is 5.70 Å². The normalized spacial score (nSPS) is 18.3. The maximum absolute atomic E-state index is 11.6. The largest absolute Gasteiger partial charge is 0.298 e. The number of carbonyl (C=O) groups is 1. The van der Waals surface area contributed by atoms with Crippen LogP contribution in [0.5, 0.6) is 0 Å². The molecule has 1 aromatic carbocycles. The van der Waals surface area contributed by atoms with E-state index in [2.05, 4.69) is 35.1 Å². The van der Waals surface area contributed by atoms with E-state index in [0.717, 1.165) is 31.4 Å². The number of amides is 1. The van der Waals surface area contributed by atoms with E-state index in [1.54, 1.807) is 0 Å². The summed E-state index contributed by atoms with van der Waals surface area (Å²) in [5, 5.41) is 0. The lowest BCUT2D eigenvalue weighted by molar-refractivity contribution is -0.122. The molecule has 0 radical (unpaired) electrons. The Kier molecular flexibility index (Phi) is 3.05. The quantitative estimate of drug-likeness (QED) is 0.799. The van der Waals surface area contributed by atoms with Crippen LogP contribution in [0.2, 0.25) is 0 Å². The second kappa shape index (κ2) is 4.84. The number of carbonyl (C=O) groups excluding carboxylic acids is 1. The maximum atomic E-state index is 11.6. The maximum Gasteiger partial charge on any atom is 0.241 e. The predicted molar refractivity (Wildman–Crippen MR) is 71.4 cm³/mol. The van der Waals surface area contributed by atoms with Crippen molar-refractivity contribution in [3.05, 3.63) is 41.5 Å². The van der Waals surface area contributed by atoms with Crippen LogP contribution in [-0.2, 0) is 11.2 Å². The number of hydrogen-bond donors (Lipinski definition) is 2. The zero-order valence-electron chi connectivity index (χ0n) is 10.4. The first kappa shape index (κ1) is 11.3. The number of benzene rings is 1. The Morgan fingerprint density at radius 1 is 1.22 bits per heavy atom. The van der Waals surface area contributed by atoms with Gasteiger partial charge < -0.3 is 0 Å². The SMILES string of the molecule is O=C(NNC1=CCCCc2ccccc21)C1CC1. The number of nitrogens with one attached hydrogen (secondary N) is 2. The van der Waals surface area contributed by atoms with Gasteiger partial charge >= 0.3 is 0 Å². The molecular weight excluding hydrogens is 224 g/mol. The van der Waals surface area contributed by atoms with Crippen LogP contribution in [0.4, 0.5) is 0 Å². The van der Waals surface area contributed by atoms with E-state index in [9.17, 15) is 4.79 Å². The van der Waals surface area contributed by atoms with Gasteiger partial charge in [0.2, 0.25) is 5.91 Å². The molecule has 0 aliphatic heterocycles. The van der Waals surface area contributed by atoms with Gasteiger partial charge in [-0.2, -0.15) is 0 Å². The molecule has 0 atom stereocenters. The third-order valence-corrected chi connectivity index (χ3v) is 3.57. The zero-order chi connectivity index (χ0) is 12.4. The number of fused-ring (bicyclic) bond motifs is 1. The average molecular weight is 242 g/mol. The molecule has 3 heteroatoms. The number of hydrogen-bond acceptors (Lipinski definition) is 2. The standard InChI is InChI=1S/C15H18N2O/c18-15(12-9-10-12)17-16-14-8-4-2-6-11-5-1-3-7-13(11)14/h1,3,5,7-8,12,16H,2,4,6,9-10H2,(H,17,18). The number of allylic oxidation sites excluding steroid dienone is 1. The first-order valence-electron chi connectivity index (χ1n) is 6.69. The third kappa shape index (κ3) is 2.40. The predicted octanol–water partition coefficient (Wildman–Crippen LogP) is 2.39. The van der Waals surface area contributed by atoms with Crippen LogP contribution in [0.15, 0.2) is 30.3 Å². The Morgan fingerprint density at radius 3 is 2.89 bits per heavy atom. The van der Waals surface area contributed by atoms with Crippen molar-refractivity contribution in [1.29, 1.82) is 0 Å². The van der Waals surface area contributed by atoms with E-state index in [4.69, 9.17) is 0 Å². The molecule has 1 amide bonds. The van der Waals surface area contributed by atoms with Crippen LogP contribution in [0.1, 0.15) is 36.8 Å². The lowest BCUT2D eigenvalue weighted by Crippen LogP contribution is -2.37. The topological polar surface area (TPSA) is 41.1 Å². The second-order valence-electron chi connectivity index (χ2n) is 5.06. The molecule has 18 heavy (non-hydrogen) atoms. The van der Waals surface area contributed by atoms with Gasteiger partial charge in [0.15, 0.2) is 0 Å². The molecule has 2 N–H and O–H groups in total.